The number of aryl methyl sites for hydroxylation is 1. The van der Waals surface area contributed by atoms with Crippen LogP contribution in [0.25, 0.3) is 5.65 Å². The molecule has 18 heavy (non-hydrogen) atoms. The van der Waals surface area contributed by atoms with Gasteiger partial charge in [-0.1, -0.05) is 11.6 Å². The van der Waals surface area contributed by atoms with Crippen molar-refractivity contribution < 1.29 is 0 Å². The van der Waals surface area contributed by atoms with Gasteiger partial charge in [0.15, 0.2) is 16.6 Å². The van der Waals surface area contributed by atoms with Gasteiger partial charge in [-0.2, -0.15) is 9.61 Å². The molecular formula is C13H15ClN4. The lowest BCUT2D eigenvalue weighted by Crippen LogP contribution is -2.06. The Morgan fingerprint density at radius 2 is 1.78 bits per heavy atom. The van der Waals surface area contributed by atoms with Crippen molar-refractivity contribution in [2.75, 3.05) is 0 Å². The molecule has 0 aromatic carbocycles. The molecule has 2 aliphatic carbocycles. The van der Waals surface area contributed by atoms with E-state index in [1.807, 2.05) is 18.4 Å². The van der Waals surface area contributed by atoms with Gasteiger partial charge in [-0.15, -0.1) is 10.2 Å². The van der Waals surface area contributed by atoms with Crippen LogP contribution >= 0.6 is 11.6 Å². The van der Waals surface area contributed by atoms with Gasteiger partial charge in [0.05, 0.1) is 0 Å². The summed E-state index contributed by atoms with van der Waals surface area (Å²) in [6.45, 7) is 4.01. The lowest BCUT2D eigenvalue weighted by Gasteiger charge is -2.10. The van der Waals surface area contributed by atoms with Gasteiger partial charge in [-0.05, 0) is 50.5 Å². The number of nitrogens with zero attached hydrogens (tertiary/aromatic N) is 4. The average Bonchev–Trinajstić information content (AvgIpc) is 2.79. The Morgan fingerprint density at radius 1 is 1.06 bits per heavy atom. The highest BCUT2D eigenvalue weighted by Gasteiger charge is 2.47. The number of hydrogen-bond donors (Lipinski definition) is 0. The number of fused-ring (bicyclic) bond motifs is 2. The van der Waals surface area contributed by atoms with Crippen molar-refractivity contribution in [3.63, 3.8) is 0 Å². The van der Waals surface area contributed by atoms with Crippen LogP contribution in [-0.2, 0) is 0 Å². The van der Waals surface area contributed by atoms with E-state index in [1.54, 1.807) is 0 Å². The molecular weight excluding hydrogens is 248 g/mol. The standard InChI is InChI=1S/C13H15ClN4/c1-6-7(2)12-15-16-13(18(12)17-11(6)14)10-4-8-3-9(8)5-10/h8-10H,3-5H2,1-2H3. The Kier molecular flexibility index (Phi) is 2.05. The summed E-state index contributed by atoms with van der Waals surface area (Å²) in [5, 5.41) is 13.7. The second-order valence-corrected chi connectivity index (χ2v) is 6.12. The fourth-order valence-electron chi connectivity index (χ4n) is 3.29. The molecule has 2 unspecified atom stereocenters. The van der Waals surface area contributed by atoms with Gasteiger partial charge in [0.1, 0.15) is 0 Å². The minimum absolute atomic E-state index is 0.523. The lowest BCUT2D eigenvalue weighted by molar-refractivity contribution is 0.572. The third-order valence-corrected chi connectivity index (χ3v) is 5.03. The first-order chi connectivity index (χ1) is 8.65. The molecule has 2 saturated carbocycles. The van der Waals surface area contributed by atoms with Crippen molar-refractivity contribution in [1.82, 2.24) is 19.8 Å². The topological polar surface area (TPSA) is 43.1 Å². The van der Waals surface area contributed by atoms with Gasteiger partial charge >= 0.3 is 0 Å². The third kappa shape index (κ3) is 1.35. The third-order valence-electron chi connectivity index (χ3n) is 4.67. The van der Waals surface area contributed by atoms with Gasteiger partial charge < -0.3 is 0 Å². The number of aromatic nitrogens is 4. The van der Waals surface area contributed by atoms with Crippen molar-refractivity contribution >= 4 is 17.2 Å². The molecule has 2 heterocycles. The summed E-state index contributed by atoms with van der Waals surface area (Å²) >= 11 is 6.18. The predicted octanol–water partition coefficient (Wildman–Crippen LogP) is 2.91. The molecule has 2 fully saturated rings. The Hall–Kier alpha value is -1.16. The molecule has 4 nitrogen and oxygen atoms in total. The van der Waals surface area contributed by atoms with E-state index < -0.39 is 0 Å². The summed E-state index contributed by atoms with van der Waals surface area (Å²) in [5.41, 5.74) is 2.93. The first-order valence-corrected chi connectivity index (χ1v) is 6.91. The Bertz CT molecular complexity index is 638. The summed E-state index contributed by atoms with van der Waals surface area (Å²) in [7, 11) is 0. The molecule has 5 heteroatoms. The molecule has 0 saturated heterocycles. The highest BCUT2D eigenvalue weighted by Crippen LogP contribution is 2.57. The van der Waals surface area contributed by atoms with Gasteiger partial charge in [0.2, 0.25) is 0 Å². The molecule has 0 N–H and O–H groups in total. The van der Waals surface area contributed by atoms with Crippen molar-refractivity contribution in [3.05, 3.63) is 22.1 Å². The smallest absolute Gasteiger partial charge is 0.181 e. The van der Waals surface area contributed by atoms with Crippen LogP contribution in [0, 0.1) is 25.7 Å². The van der Waals surface area contributed by atoms with E-state index in [0.717, 1.165) is 34.4 Å². The van der Waals surface area contributed by atoms with Crippen LogP contribution in [0.3, 0.4) is 0 Å². The van der Waals surface area contributed by atoms with Crippen LogP contribution in [0.1, 0.15) is 42.1 Å². The van der Waals surface area contributed by atoms with Gasteiger partial charge in [0.25, 0.3) is 0 Å². The molecule has 2 aliphatic rings. The molecule has 0 bridgehead atoms. The zero-order valence-electron chi connectivity index (χ0n) is 10.5. The van der Waals surface area contributed by atoms with Gasteiger partial charge in [-0.25, -0.2) is 0 Å². The van der Waals surface area contributed by atoms with E-state index in [1.165, 1.54) is 19.3 Å². The normalized spacial score (nSPS) is 29.8. The predicted molar refractivity (Wildman–Crippen MR) is 68.8 cm³/mol. The molecule has 2 atom stereocenters. The molecule has 4 rings (SSSR count). The van der Waals surface area contributed by atoms with Gasteiger partial charge in [0, 0.05) is 11.5 Å². The Labute approximate surface area is 110 Å². The quantitative estimate of drug-likeness (QED) is 0.794. The van der Waals surface area contributed by atoms with E-state index in [0.29, 0.717) is 11.1 Å². The maximum absolute atomic E-state index is 6.18. The van der Waals surface area contributed by atoms with E-state index in [9.17, 15) is 0 Å². The summed E-state index contributed by atoms with van der Waals surface area (Å²) in [6.07, 6.45) is 3.91. The zero-order chi connectivity index (χ0) is 12.4. The molecule has 2 aromatic heterocycles. The average molecular weight is 263 g/mol. The summed E-state index contributed by atoms with van der Waals surface area (Å²) < 4.78 is 1.86. The summed E-state index contributed by atoms with van der Waals surface area (Å²) in [5.74, 6) is 3.39. The number of halogens is 1. The van der Waals surface area contributed by atoms with Crippen molar-refractivity contribution in [3.8, 4) is 0 Å². The maximum Gasteiger partial charge on any atom is 0.181 e. The van der Waals surface area contributed by atoms with E-state index in [-0.39, 0.29) is 0 Å². The maximum atomic E-state index is 6.18. The minimum Gasteiger partial charge on any atom is -0.195 e. The molecule has 0 radical (unpaired) electrons. The Balaban J connectivity index is 1.86. The van der Waals surface area contributed by atoms with Crippen LogP contribution < -0.4 is 0 Å². The lowest BCUT2D eigenvalue weighted by atomic mass is 10.0. The first-order valence-electron chi connectivity index (χ1n) is 6.53. The van der Waals surface area contributed by atoms with E-state index in [2.05, 4.69) is 15.3 Å². The second kappa shape index (κ2) is 3.44. The van der Waals surface area contributed by atoms with Crippen LogP contribution in [-0.4, -0.2) is 19.8 Å². The summed E-state index contributed by atoms with van der Waals surface area (Å²) in [4.78, 5) is 0. The van der Waals surface area contributed by atoms with Crippen LogP contribution in [0.5, 0.6) is 0 Å². The van der Waals surface area contributed by atoms with Crippen molar-refractivity contribution in [1.29, 1.82) is 0 Å². The minimum atomic E-state index is 0.523. The number of rotatable bonds is 1. The number of hydrogen-bond acceptors (Lipinski definition) is 3. The Morgan fingerprint density at radius 3 is 2.50 bits per heavy atom. The SMILES string of the molecule is Cc1c(Cl)nn2c(C3CC4CC4C3)nnc2c1C. The fourth-order valence-corrected chi connectivity index (χ4v) is 3.51. The second-order valence-electron chi connectivity index (χ2n) is 5.76. The molecule has 0 aliphatic heterocycles. The molecule has 0 amide bonds. The van der Waals surface area contributed by atoms with Crippen LogP contribution in [0.4, 0.5) is 0 Å². The van der Waals surface area contributed by atoms with Crippen molar-refractivity contribution in [2.24, 2.45) is 11.8 Å². The zero-order valence-corrected chi connectivity index (χ0v) is 11.3. The van der Waals surface area contributed by atoms with E-state index >= 15 is 0 Å². The monoisotopic (exact) mass is 262 g/mol. The summed E-state index contributed by atoms with van der Waals surface area (Å²) in [6, 6.07) is 0. The van der Waals surface area contributed by atoms with Crippen LogP contribution in [0.15, 0.2) is 0 Å². The van der Waals surface area contributed by atoms with Crippen molar-refractivity contribution in [2.45, 2.75) is 39.0 Å². The first kappa shape index (κ1) is 10.7. The van der Waals surface area contributed by atoms with Gasteiger partial charge in [-0.3, -0.25) is 0 Å². The molecule has 2 aromatic rings. The fraction of sp³-hybridized carbons (Fsp3) is 0.615. The van der Waals surface area contributed by atoms with E-state index in [4.69, 9.17) is 11.6 Å². The highest BCUT2D eigenvalue weighted by atomic mass is 35.5. The molecule has 94 valence electrons. The highest BCUT2D eigenvalue weighted by molar-refractivity contribution is 6.30. The largest absolute Gasteiger partial charge is 0.195 e. The molecule has 0 spiro atoms. The van der Waals surface area contributed by atoms with Crippen LogP contribution in [0.2, 0.25) is 5.15 Å².